The van der Waals surface area contributed by atoms with E-state index in [4.69, 9.17) is 11.6 Å². The summed E-state index contributed by atoms with van der Waals surface area (Å²) in [6, 6.07) is 6.71. The van der Waals surface area contributed by atoms with Gasteiger partial charge < -0.3 is 10.0 Å². The summed E-state index contributed by atoms with van der Waals surface area (Å²) in [5, 5.41) is 10.9. The lowest BCUT2D eigenvalue weighted by molar-refractivity contribution is -0.131. The van der Waals surface area contributed by atoms with Gasteiger partial charge in [0.1, 0.15) is 0 Å². The summed E-state index contributed by atoms with van der Waals surface area (Å²) < 4.78 is 0. The number of nitrogens with zero attached hydrogens (tertiary/aromatic N) is 1. The van der Waals surface area contributed by atoms with Gasteiger partial charge in [0.2, 0.25) is 0 Å². The van der Waals surface area contributed by atoms with Crippen molar-refractivity contribution >= 4 is 23.3 Å². The Morgan fingerprint density at radius 3 is 2.43 bits per heavy atom. The fourth-order valence-corrected chi connectivity index (χ4v) is 3.76. The fraction of sp³-hybridized carbons (Fsp3) is 0.444. The Kier molecular flexibility index (Phi) is 4.44. The van der Waals surface area contributed by atoms with E-state index in [-0.39, 0.29) is 29.6 Å². The highest BCUT2D eigenvalue weighted by Gasteiger charge is 2.46. The molecule has 1 aromatic carbocycles. The zero-order valence-electron chi connectivity index (χ0n) is 13.1. The number of carbonyl (C=O) groups excluding carboxylic acids is 2. The van der Waals surface area contributed by atoms with Crippen LogP contribution in [0.4, 0.5) is 0 Å². The highest BCUT2D eigenvalue weighted by molar-refractivity contribution is 6.30. The topological polar surface area (TPSA) is 57.6 Å². The van der Waals surface area contributed by atoms with Crippen LogP contribution in [-0.2, 0) is 9.59 Å². The molecule has 1 fully saturated rings. The molecule has 0 bridgehead atoms. The molecule has 0 radical (unpaired) electrons. The van der Waals surface area contributed by atoms with Gasteiger partial charge in [0, 0.05) is 17.5 Å². The monoisotopic (exact) mass is 333 g/mol. The second kappa shape index (κ2) is 6.36. The highest BCUT2D eigenvalue weighted by Crippen LogP contribution is 2.42. The lowest BCUT2D eigenvalue weighted by Crippen LogP contribution is -2.38. The van der Waals surface area contributed by atoms with E-state index in [9.17, 15) is 14.7 Å². The average Bonchev–Trinajstić information content (AvgIpc) is 3.15. The first-order valence-corrected chi connectivity index (χ1v) is 8.46. The number of ketones is 1. The summed E-state index contributed by atoms with van der Waals surface area (Å²) in [6.45, 7) is 1.74. The van der Waals surface area contributed by atoms with Crippen LogP contribution in [0.5, 0.6) is 0 Å². The number of halogens is 1. The Balaban J connectivity index is 2.07. The van der Waals surface area contributed by atoms with E-state index in [1.54, 1.807) is 24.0 Å². The Morgan fingerprint density at radius 2 is 1.87 bits per heavy atom. The summed E-state index contributed by atoms with van der Waals surface area (Å²) in [5.74, 6) is -0.992. The van der Waals surface area contributed by atoms with E-state index in [2.05, 4.69) is 0 Å². The predicted molar refractivity (Wildman–Crippen MR) is 88.2 cm³/mol. The van der Waals surface area contributed by atoms with Crippen molar-refractivity contribution in [3.8, 4) is 0 Å². The van der Waals surface area contributed by atoms with E-state index in [1.807, 2.05) is 12.1 Å². The van der Waals surface area contributed by atoms with Crippen molar-refractivity contribution in [2.75, 3.05) is 0 Å². The first kappa shape index (κ1) is 16.1. The molecule has 4 nitrogen and oxygen atoms in total. The van der Waals surface area contributed by atoms with E-state index < -0.39 is 11.9 Å². The molecule has 1 aromatic rings. The Morgan fingerprint density at radius 1 is 1.26 bits per heavy atom. The van der Waals surface area contributed by atoms with Gasteiger partial charge in [-0.05, 0) is 30.5 Å². The van der Waals surface area contributed by atoms with E-state index in [1.165, 1.54) is 0 Å². The zero-order chi connectivity index (χ0) is 16.6. The molecule has 122 valence electrons. The third-order valence-electron chi connectivity index (χ3n) is 4.77. The molecule has 1 unspecified atom stereocenters. The largest absolute Gasteiger partial charge is 0.503 e. The molecule has 0 saturated heterocycles. The van der Waals surface area contributed by atoms with Gasteiger partial charge in [0.25, 0.3) is 5.91 Å². The van der Waals surface area contributed by atoms with Gasteiger partial charge in [-0.2, -0.15) is 0 Å². The molecule has 0 aromatic heterocycles. The lowest BCUT2D eigenvalue weighted by Gasteiger charge is -2.32. The van der Waals surface area contributed by atoms with Crippen molar-refractivity contribution in [2.45, 2.75) is 51.1 Å². The first-order chi connectivity index (χ1) is 11.0. The highest BCUT2D eigenvalue weighted by atomic mass is 35.5. The standard InChI is InChI=1S/C18H20ClNO3/c1-2-14(21)15-16(11-7-9-12(19)10-8-11)20(18(23)17(15)22)13-5-3-4-6-13/h7-10,13,16,22H,2-6H2,1H3. The van der Waals surface area contributed by atoms with Crippen LogP contribution in [0.3, 0.4) is 0 Å². The van der Waals surface area contributed by atoms with Crippen molar-refractivity contribution in [3.05, 3.63) is 46.2 Å². The maximum Gasteiger partial charge on any atom is 0.290 e. The van der Waals surface area contributed by atoms with Crippen LogP contribution in [0.1, 0.15) is 50.6 Å². The Bertz CT molecular complexity index is 659. The number of aliphatic hydroxyl groups excluding tert-OH is 1. The maximum absolute atomic E-state index is 12.6. The van der Waals surface area contributed by atoms with Crippen molar-refractivity contribution in [3.63, 3.8) is 0 Å². The normalized spacial score (nSPS) is 22.3. The van der Waals surface area contributed by atoms with Crippen molar-refractivity contribution < 1.29 is 14.7 Å². The summed E-state index contributed by atoms with van der Waals surface area (Å²) in [4.78, 5) is 26.7. The number of Topliss-reactive ketones (excluding diaryl/α,β-unsaturated/α-hetero) is 1. The SMILES string of the molecule is CCC(=O)C1=C(O)C(=O)N(C2CCCC2)C1c1ccc(Cl)cc1. The third-order valence-corrected chi connectivity index (χ3v) is 5.02. The van der Waals surface area contributed by atoms with Gasteiger partial charge in [0.15, 0.2) is 11.5 Å². The lowest BCUT2D eigenvalue weighted by atomic mass is 9.94. The van der Waals surface area contributed by atoms with Crippen molar-refractivity contribution in [1.29, 1.82) is 0 Å². The minimum Gasteiger partial charge on any atom is -0.503 e. The number of hydrogen-bond acceptors (Lipinski definition) is 3. The quantitative estimate of drug-likeness (QED) is 0.907. The predicted octanol–water partition coefficient (Wildman–Crippen LogP) is 3.96. The number of hydrogen-bond donors (Lipinski definition) is 1. The molecule has 1 heterocycles. The average molecular weight is 334 g/mol. The molecular formula is C18H20ClNO3. The molecule has 1 saturated carbocycles. The zero-order valence-corrected chi connectivity index (χ0v) is 13.8. The van der Waals surface area contributed by atoms with Crippen molar-refractivity contribution in [2.24, 2.45) is 0 Å². The first-order valence-electron chi connectivity index (χ1n) is 8.09. The van der Waals surface area contributed by atoms with Crippen LogP contribution >= 0.6 is 11.6 Å². The molecule has 1 amide bonds. The molecule has 0 spiro atoms. The van der Waals surface area contributed by atoms with Crippen LogP contribution in [0.15, 0.2) is 35.6 Å². The molecule has 1 N–H and O–H groups in total. The Hall–Kier alpha value is -1.81. The molecule has 23 heavy (non-hydrogen) atoms. The molecule has 2 aliphatic rings. The van der Waals surface area contributed by atoms with E-state index in [0.29, 0.717) is 5.02 Å². The van der Waals surface area contributed by atoms with Crippen LogP contribution in [0.25, 0.3) is 0 Å². The van der Waals surface area contributed by atoms with Gasteiger partial charge in [-0.25, -0.2) is 0 Å². The van der Waals surface area contributed by atoms with Gasteiger partial charge in [-0.3, -0.25) is 9.59 Å². The van der Waals surface area contributed by atoms with Gasteiger partial charge >= 0.3 is 0 Å². The number of benzene rings is 1. The number of rotatable bonds is 4. The Labute approximate surface area is 140 Å². The van der Waals surface area contributed by atoms with Crippen LogP contribution < -0.4 is 0 Å². The fourth-order valence-electron chi connectivity index (χ4n) is 3.63. The summed E-state index contributed by atoms with van der Waals surface area (Å²) in [7, 11) is 0. The number of carbonyl (C=O) groups is 2. The van der Waals surface area contributed by atoms with E-state index >= 15 is 0 Å². The molecule has 1 aliphatic heterocycles. The molecule has 1 atom stereocenters. The number of aliphatic hydroxyl groups is 1. The van der Waals surface area contributed by atoms with E-state index in [0.717, 1.165) is 31.2 Å². The second-order valence-electron chi connectivity index (χ2n) is 6.14. The molecule has 3 rings (SSSR count). The molecule has 5 heteroatoms. The number of amides is 1. The summed E-state index contributed by atoms with van der Waals surface area (Å²) in [6.07, 6.45) is 4.22. The van der Waals surface area contributed by atoms with Crippen LogP contribution in [0, 0.1) is 0 Å². The van der Waals surface area contributed by atoms with Crippen LogP contribution in [-0.4, -0.2) is 27.7 Å². The molecule has 1 aliphatic carbocycles. The summed E-state index contributed by atoms with van der Waals surface area (Å²) in [5.41, 5.74) is 1.04. The summed E-state index contributed by atoms with van der Waals surface area (Å²) >= 11 is 5.96. The minimum absolute atomic E-state index is 0.0764. The van der Waals surface area contributed by atoms with Gasteiger partial charge in [0.05, 0.1) is 11.6 Å². The second-order valence-corrected chi connectivity index (χ2v) is 6.58. The minimum atomic E-state index is -0.504. The smallest absolute Gasteiger partial charge is 0.290 e. The van der Waals surface area contributed by atoms with Crippen LogP contribution in [0.2, 0.25) is 5.02 Å². The van der Waals surface area contributed by atoms with Gasteiger partial charge in [-0.1, -0.05) is 43.5 Å². The van der Waals surface area contributed by atoms with Gasteiger partial charge in [-0.15, -0.1) is 0 Å². The third kappa shape index (κ3) is 2.76. The molecular weight excluding hydrogens is 314 g/mol. The van der Waals surface area contributed by atoms with Crippen molar-refractivity contribution in [1.82, 2.24) is 4.90 Å². The maximum atomic E-state index is 12.6.